The van der Waals surface area contributed by atoms with Gasteiger partial charge in [-0.3, -0.25) is 4.79 Å². The van der Waals surface area contributed by atoms with E-state index >= 15 is 0 Å². The van der Waals surface area contributed by atoms with Crippen molar-refractivity contribution in [2.24, 2.45) is 0 Å². The van der Waals surface area contributed by atoms with Crippen LogP contribution in [0.3, 0.4) is 0 Å². The van der Waals surface area contributed by atoms with Crippen LogP contribution in [0.15, 0.2) is 0 Å². The number of hydrogen-bond donors (Lipinski definition) is 0. The van der Waals surface area contributed by atoms with E-state index in [4.69, 9.17) is 4.74 Å². The summed E-state index contributed by atoms with van der Waals surface area (Å²) in [5.74, 6) is -0.182. The number of hydrogen-bond acceptors (Lipinski definition) is 3. The average molecular weight is 172 g/mol. The predicted octanol–water partition coefficient (Wildman–Crippen LogP) is 1.70. The van der Waals surface area contributed by atoms with Gasteiger partial charge in [0.15, 0.2) is 0 Å². The van der Waals surface area contributed by atoms with E-state index in [-0.39, 0.29) is 11.8 Å². The monoisotopic (exact) mass is 172 g/mol. The molecule has 3 heteroatoms. The number of ketones is 1. The third-order valence-electron chi connectivity index (χ3n) is 1.50. The highest BCUT2D eigenvalue weighted by atomic mass is 16.6. The molecule has 0 fully saturated rings. The summed E-state index contributed by atoms with van der Waals surface area (Å²) in [4.78, 5) is 21.2. The van der Waals surface area contributed by atoms with Crippen molar-refractivity contribution in [2.75, 3.05) is 0 Å². The van der Waals surface area contributed by atoms with Crippen LogP contribution in [-0.4, -0.2) is 17.4 Å². The molecule has 3 nitrogen and oxygen atoms in total. The Morgan fingerprint density at radius 2 is 1.75 bits per heavy atom. The fourth-order valence-corrected chi connectivity index (χ4v) is 0.917. The Kier molecular flexibility index (Phi) is 3.93. The largest absolute Gasteiger partial charge is 0.460 e. The molecule has 0 unspecified atom stereocenters. The topological polar surface area (TPSA) is 43.4 Å². The van der Waals surface area contributed by atoms with E-state index in [1.165, 1.54) is 13.8 Å². The first kappa shape index (κ1) is 11.1. The number of esters is 1. The van der Waals surface area contributed by atoms with Gasteiger partial charge in [0.1, 0.15) is 11.4 Å². The van der Waals surface area contributed by atoms with Gasteiger partial charge in [-0.25, -0.2) is 0 Å². The van der Waals surface area contributed by atoms with E-state index in [0.29, 0.717) is 12.8 Å². The van der Waals surface area contributed by atoms with Crippen LogP contribution in [0.4, 0.5) is 0 Å². The van der Waals surface area contributed by atoms with Crippen molar-refractivity contribution >= 4 is 11.8 Å². The lowest BCUT2D eigenvalue weighted by Crippen LogP contribution is -2.27. The van der Waals surface area contributed by atoms with Gasteiger partial charge in [-0.2, -0.15) is 0 Å². The molecule has 0 spiro atoms. The highest BCUT2D eigenvalue weighted by molar-refractivity contribution is 5.75. The molecule has 0 N–H and O–H groups in total. The van der Waals surface area contributed by atoms with E-state index in [0.717, 1.165) is 0 Å². The molecule has 0 aromatic rings. The van der Waals surface area contributed by atoms with Gasteiger partial charge in [-0.15, -0.1) is 0 Å². The minimum absolute atomic E-state index is 0.121. The van der Waals surface area contributed by atoms with Gasteiger partial charge < -0.3 is 9.53 Å². The zero-order chi connectivity index (χ0) is 9.78. The Bertz CT molecular complexity index is 182. The summed E-state index contributed by atoms with van der Waals surface area (Å²) in [5, 5.41) is 0. The van der Waals surface area contributed by atoms with Gasteiger partial charge in [0.2, 0.25) is 0 Å². The van der Waals surface area contributed by atoms with E-state index in [2.05, 4.69) is 0 Å². The van der Waals surface area contributed by atoms with E-state index in [1.807, 2.05) is 0 Å². The van der Waals surface area contributed by atoms with E-state index < -0.39 is 5.60 Å². The van der Waals surface area contributed by atoms with Crippen LogP contribution in [-0.2, 0) is 14.3 Å². The molecule has 0 heterocycles. The lowest BCUT2D eigenvalue weighted by atomic mass is 10.0. The molecule has 0 aliphatic heterocycles. The number of carbonyl (C=O) groups excluding carboxylic acids is 2. The summed E-state index contributed by atoms with van der Waals surface area (Å²) in [6.45, 7) is 6.51. The van der Waals surface area contributed by atoms with Crippen LogP contribution in [0, 0.1) is 0 Å². The molecule has 0 saturated carbocycles. The predicted molar refractivity (Wildman–Crippen MR) is 45.8 cm³/mol. The van der Waals surface area contributed by atoms with Crippen LogP contribution in [0.2, 0.25) is 0 Å². The zero-order valence-corrected chi connectivity index (χ0v) is 8.14. The molecule has 70 valence electrons. The van der Waals surface area contributed by atoms with Crippen LogP contribution in [0.25, 0.3) is 0 Å². The summed E-state index contributed by atoms with van der Waals surface area (Å²) < 4.78 is 5.00. The minimum atomic E-state index is -0.516. The molecule has 0 radical (unpaired) electrons. The van der Waals surface area contributed by atoms with Gasteiger partial charge in [-0.05, 0) is 27.2 Å². The lowest BCUT2D eigenvalue weighted by molar-refractivity contribution is -0.154. The van der Waals surface area contributed by atoms with Crippen LogP contribution in [0.5, 0.6) is 0 Å². The standard InChI is InChI=1S/C9H16O3/c1-7(10)5-6-9(3,4)12-8(2)11/h5-6H2,1-4H3. The Morgan fingerprint density at radius 3 is 2.08 bits per heavy atom. The van der Waals surface area contributed by atoms with Crippen molar-refractivity contribution < 1.29 is 14.3 Å². The smallest absolute Gasteiger partial charge is 0.303 e. The molecule has 0 aliphatic rings. The maximum Gasteiger partial charge on any atom is 0.303 e. The van der Waals surface area contributed by atoms with Crippen molar-refractivity contribution in [3.05, 3.63) is 0 Å². The molecular formula is C9H16O3. The third-order valence-corrected chi connectivity index (χ3v) is 1.50. The van der Waals surface area contributed by atoms with Crippen LogP contribution >= 0.6 is 0 Å². The van der Waals surface area contributed by atoms with Crippen molar-refractivity contribution in [1.82, 2.24) is 0 Å². The zero-order valence-electron chi connectivity index (χ0n) is 8.14. The summed E-state index contributed by atoms with van der Waals surface area (Å²) in [6, 6.07) is 0. The van der Waals surface area contributed by atoms with Crippen molar-refractivity contribution in [3.63, 3.8) is 0 Å². The van der Waals surface area contributed by atoms with Gasteiger partial charge in [0.25, 0.3) is 0 Å². The van der Waals surface area contributed by atoms with Gasteiger partial charge >= 0.3 is 5.97 Å². The molecule has 0 aromatic heterocycles. The Morgan fingerprint density at radius 1 is 1.25 bits per heavy atom. The Hall–Kier alpha value is -0.860. The number of carbonyl (C=O) groups is 2. The fraction of sp³-hybridized carbons (Fsp3) is 0.778. The van der Waals surface area contributed by atoms with Crippen molar-refractivity contribution in [1.29, 1.82) is 0 Å². The minimum Gasteiger partial charge on any atom is -0.460 e. The highest BCUT2D eigenvalue weighted by Gasteiger charge is 2.21. The first-order valence-electron chi connectivity index (χ1n) is 4.02. The average Bonchev–Trinajstić information content (AvgIpc) is 1.81. The fourth-order valence-electron chi connectivity index (χ4n) is 0.917. The summed E-state index contributed by atoms with van der Waals surface area (Å²) in [5.41, 5.74) is -0.516. The van der Waals surface area contributed by atoms with Gasteiger partial charge in [-0.1, -0.05) is 0 Å². The summed E-state index contributed by atoms with van der Waals surface area (Å²) >= 11 is 0. The van der Waals surface area contributed by atoms with Crippen LogP contribution in [0.1, 0.15) is 40.5 Å². The molecule has 0 atom stereocenters. The van der Waals surface area contributed by atoms with Crippen LogP contribution < -0.4 is 0 Å². The third kappa shape index (κ3) is 5.89. The Labute approximate surface area is 73.1 Å². The summed E-state index contributed by atoms with van der Waals surface area (Å²) in [6.07, 6.45) is 1.04. The second-order valence-electron chi connectivity index (χ2n) is 3.56. The molecular weight excluding hydrogens is 156 g/mol. The Balaban J connectivity index is 3.86. The summed E-state index contributed by atoms with van der Waals surface area (Å²) in [7, 11) is 0. The SMILES string of the molecule is CC(=O)CCC(C)(C)OC(C)=O. The number of Topliss-reactive ketones (excluding diaryl/α,β-unsaturated/α-hetero) is 1. The number of ether oxygens (including phenoxy) is 1. The normalized spacial score (nSPS) is 11.0. The van der Waals surface area contributed by atoms with E-state index in [9.17, 15) is 9.59 Å². The molecule has 0 rings (SSSR count). The highest BCUT2D eigenvalue weighted by Crippen LogP contribution is 2.16. The van der Waals surface area contributed by atoms with Crippen molar-refractivity contribution in [3.8, 4) is 0 Å². The molecule has 0 aromatic carbocycles. The molecule has 0 aliphatic carbocycles. The second kappa shape index (κ2) is 4.24. The lowest BCUT2D eigenvalue weighted by Gasteiger charge is -2.23. The molecule has 12 heavy (non-hydrogen) atoms. The quantitative estimate of drug-likeness (QED) is 0.606. The molecule has 0 bridgehead atoms. The second-order valence-corrected chi connectivity index (χ2v) is 3.56. The van der Waals surface area contributed by atoms with E-state index in [1.54, 1.807) is 13.8 Å². The molecule has 0 saturated heterocycles. The van der Waals surface area contributed by atoms with Gasteiger partial charge in [0.05, 0.1) is 0 Å². The van der Waals surface area contributed by atoms with Crippen molar-refractivity contribution in [2.45, 2.75) is 46.1 Å². The first-order chi connectivity index (χ1) is 5.33. The van der Waals surface area contributed by atoms with Gasteiger partial charge in [0, 0.05) is 13.3 Å². The maximum atomic E-state index is 10.6. The maximum absolute atomic E-state index is 10.6. The first-order valence-corrected chi connectivity index (χ1v) is 4.02. The number of rotatable bonds is 4. The molecule has 0 amide bonds.